The summed E-state index contributed by atoms with van der Waals surface area (Å²) in [5.74, 6) is 2.92. The van der Waals surface area contributed by atoms with Crippen LogP contribution >= 0.6 is 0 Å². The Balaban J connectivity index is 1.27. The Labute approximate surface area is 216 Å². The number of rotatable bonds is 13. The van der Waals surface area contributed by atoms with Gasteiger partial charge < -0.3 is 9.84 Å². The summed E-state index contributed by atoms with van der Waals surface area (Å²) in [6, 6.07) is 0. The van der Waals surface area contributed by atoms with Crippen LogP contribution in [0.4, 0.5) is 0 Å². The summed E-state index contributed by atoms with van der Waals surface area (Å²) in [7, 11) is 0. The van der Waals surface area contributed by atoms with Gasteiger partial charge in [-0.2, -0.15) is 0 Å². The number of aliphatic hydroxyl groups is 1. The molecule has 8 atom stereocenters. The summed E-state index contributed by atoms with van der Waals surface area (Å²) in [6.07, 6.45) is 23.3. The van der Waals surface area contributed by atoms with Gasteiger partial charge in [-0.25, -0.2) is 0 Å². The molecule has 0 radical (unpaired) electrons. The first kappa shape index (κ1) is 27.6. The molecule has 3 unspecified atom stereocenters. The fraction of sp³-hybridized carbons (Fsp3) is 0.969. The van der Waals surface area contributed by atoms with Crippen molar-refractivity contribution in [2.24, 2.45) is 34.5 Å². The number of carbonyl (C=O) groups is 1. The normalized spacial score (nSPS) is 40.9. The molecule has 4 aliphatic carbocycles. The fourth-order valence-electron chi connectivity index (χ4n) is 9.27. The highest BCUT2D eigenvalue weighted by atomic mass is 16.5. The SMILES string of the molecule is CCCCCCCCCCCCCOC1C[C@]2(C)C(O)CC[C@H]2[C@@H]2CCC3CC(=O)CC[C@]3(C)[C@H]12. The van der Waals surface area contributed by atoms with Gasteiger partial charge in [0.2, 0.25) is 0 Å². The minimum absolute atomic E-state index is 0.0244. The van der Waals surface area contributed by atoms with Crippen LogP contribution in [0.25, 0.3) is 0 Å². The number of ether oxygens (including phenoxy) is 1. The van der Waals surface area contributed by atoms with Gasteiger partial charge in [0, 0.05) is 19.4 Å². The quantitative estimate of drug-likeness (QED) is 0.265. The Bertz CT molecular complexity index is 676. The Kier molecular flexibility index (Phi) is 9.80. The summed E-state index contributed by atoms with van der Waals surface area (Å²) in [4.78, 5) is 12.3. The van der Waals surface area contributed by atoms with E-state index in [1.54, 1.807) is 0 Å². The lowest BCUT2D eigenvalue weighted by Gasteiger charge is -2.62. The third kappa shape index (κ3) is 6.02. The first-order chi connectivity index (χ1) is 16.9. The van der Waals surface area contributed by atoms with E-state index >= 15 is 0 Å². The van der Waals surface area contributed by atoms with Gasteiger partial charge in [0.1, 0.15) is 5.78 Å². The van der Waals surface area contributed by atoms with Crippen LogP contribution < -0.4 is 0 Å². The number of Topliss-reactive ketones (excluding diaryl/α,β-unsaturated/α-hetero) is 1. The van der Waals surface area contributed by atoms with Crippen molar-refractivity contribution in [3.63, 3.8) is 0 Å². The average Bonchev–Trinajstić information content (AvgIpc) is 3.14. The molecule has 4 saturated carbocycles. The number of aliphatic hydroxyl groups excluding tert-OH is 1. The van der Waals surface area contributed by atoms with E-state index in [-0.39, 0.29) is 23.0 Å². The summed E-state index contributed by atoms with van der Waals surface area (Å²) >= 11 is 0. The number of unbranched alkanes of at least 4 members (excludes halogenated alkanes) is 10. The van der Waals surface area contributed by atoms with E-state index in [4.69, 9.17) is 4.74 Å². The van der Waals surface area contributed by atoms with Gasteiger partial charge in [-0.15, -0.1) is 0 Å². The van der Waals surface area contributed by atoms with Gasteiger partial charge in [0.05, 0.1) is 12.2 Å². The molecule has 0 aliphatic heterocycles. The molecule has 0 aromatic heterocycles. The molecule has 0 spiro atoms. The molecule has 0 amide bonds. The predicted octanol–water partition coefficient (Wildman–Crippen LogP) is 8.27. The highest BCUT2D eigenvalue weighted by Gasteiger charge is 2.63. The third-order valence-corrected chi connectivity index (χ3v) is 11.4. The average molecular weight is 489 g/mol. The number of ketones is 1. The second-order valence-electron chi connectivity index (χ2n) is 13.6. The second kappa shape index (κ2) is 12.4. The van der Waals surface area contributed by atoms with Crippen LogP contribution in [-0.2, 0) is 9.53 Å². The van der Waals surface area contributed by atoms with Gasteiger partial charge in [-0.05, 0) is 79.4 Å². The third-order valence-electron chi connectivity index (χ3n) is 11.4. The summed E-state index contributed by atoms with van der Waals surface area (Å²) < 4.78 is 6.80. The minimum Gasteiger partial charge on any atom is -0.393 e. The maximum Gasteiger partial charge on any atom is 0.133 e. The predicted molar refractivity (Wildman–Crippen MR) is 144 cm³/mol. The van der Waals surface area contributed by atoms with Crippen molar-refractivity contribution in [2.45, 2.75) is 155 Å². The molecule has 0 bridgehead atoms. The van der Waals surface area contributed by atoms with Gasteiger partial charge >= 0.3 is 0 Å². The maximum absolute atomic E-state index is 12.3. The Hall–Kier alpha value is -0.410. The zero-order chi connectivity index (χ0) is 24.9. The molecule has 4 fully saturated rings. The van der Waals surface area contributed by atoms with Crippen molar-refractivity contribution in [1.29, 1.82) is 0 Å². The molecule has 3 heteroatoms. The number of fused-ring (bicyclic) bond motifs is 5. The molecule has 35 heavy (non-hydrogen) atoms. The van der Waals surface area contributed by atoms with E-state index in [0.29, 0.717) is 29.5 Å². The van der Waals surface area contributed by atoms with E-state index in [2.05, 4.69) is 20.8 Å². The lowest BCUT2D eigenvalue weighted by molar-refractivity contribution is -0.192. The molecule has 0 saturated heterocycles. The van der Waals surface area contributed by atoms with E-state index in [9.17, 15) is 9.90 Å². The fourth-order valence-corrected chi connectivity index (χ4v) is 9.27. The molecule has 0 aromatic carbocycles. The van der Waals surface area contributed by atoms with Crippen LogP contribution in [0.3, 0.4) is 0 Å². The number of hydrogen-bond acceptors (Lipinski definition) is 3. The van der Waals surface area contributed by atoms with Crippen LogP contribution in [0, 0.1) is 34.5 Å². The van der Waals surface area contributed by atoms with Crippen molar-refractivity contribution in [2.75, 3.05) is 6.61 Å². The van der Waals surface area contributed by atoms with Crippen molar-refractivity contribution in [3.8, 4) is 0 Å². The van der Waals surface area contributed by atoms with Crippen LogP contribution in [0.1, 0.15) is 143 Å². The van der Waals surface area contributed by atoms with E-state index in [1.165, 1.54) is 89.9 Å². The summed E-state index contributed by atoms with van der Waals surface area (Å²) in [5, 5.41) is 11.0. The summed E-state index contributed by atoms with van der Waals surface area (Å²) in [6.45, 7) is 8.04. The van der Waals surface area contributed by atoms with Gasteiger partial charge in [0.25, 0.3) is 0 Å². The molecular weight excluding hydrogens is 432 g/mol. The second-order valence-corrected chi connectivity index (χ2v) is 13.6. The zero-order valence-corrected chi connectivity index (χ0v) is 23.4. The smallest absolute Gasteiger partial charge is 0.133 e. The van der Waals surface area contributed by atoms with Gasteiger partial charge in [-0.3, -0.25) is 4.79 Å². The monoisotopic (exact) mass is 488 g/mol. The van der Waals surface area contributed by atoms with Crippen LogP contribution in [0.2, 0.25) is 0 Å². The lowest BCUT2D eigenvalue weighted by atomic mass is 9.44. The minimum atomic E-state index is -0.167. The highest BCUT2D eigenvalue weighted by Crippen LogP contribution is 2.66. The maximum atomic E-state index is 12.3. The number of hydrogen-bond donors (Lipinski definition) is 1. The van der Waals surface area contributed by atoms with E-state index in [1.807, 2.05) is 0 Å². The lowest BCUT2D eigenvalue weighted by Crippen LogP contribution is -2.60. The molecule has 3 nitrogen and oxygen atoms in total. The molecule has 0 aromatic rings. The van der Waals surface area contributed by atoms with Crippen molar-refractivity contribution < 1.29 is 14.6 Å². The topological polar surface area (TPSA) is 46.5 Å². The van der Waals surface area contributed by atoms with E-state index < -0.39 is 0 Å². The van der Waals surface area contributed by atoms with Crippen molar-refractivity contribution >= 4 is 5.78 Å². The van der Waals surface area contributed by atoms with Gasteiger partial charge in [0.15, 0.2) is 0 Å². The zero-order valence-electron chi connectivity index (χ0n) is 23.4. The number of carbonyl (C=O) groups excluding carboxylic acids is 1. The molecule has 1 N–H and O–H groups in total. The molecule has 4 rings (SSSR count). The van der Waals surface area contributed by atoms with Crippen molar-refractivity contribution in [3.05, 3.63) is 0 Å². The van der Waals surface area contributed by atoms with Crippen LogP contribution in [0.15, 0.2) is 0 Å². The Morgan fingerprint density at radius 1 is 0.857 bits per heavy atom. The molecule has 4 aliphatic rings. The molecule has 202 valence electrons. The largest absolute Gasteiger partial charge is 0.393 e. The van der Waals surface area contributed by atoms with Crippen LogP contribution in [0.5, 0.6) is 0 Å². The van der Waals surface area contributed by atoms with Gasteiger partial charge in [-0.1, -0.05) is 85.0 Å². The van der Waals surface area contributed by atoms with Crippen LogP contribution in [-0.4, -0.2) is 29.7 Å². The highest BCUT2D eigenvalue weighted by molar-refractivity contribution is 5.79. The van der Waals surface area contributed by atoms with E-state index in [0.717, 1.165) is 38.7 Å². The van der Waals surface area contributed by atoms with Crippen molar-refractivity contribution in [1.82, 2.24) is 0 Å². The molecular formula is C32H56O3. The molecule has 0 heterocycles. The summed E-state index contributed by atoms with van der Waals surface area (Å²) in [5.41, 5.74) is 0.268. The Morgan fingerprint density at radius 3 is 2.20 bits per heavy atom. The first-order valence-electron chi connectivity index (χ1n) is 15.7. The standard InChI is InChI=1S/C32H56O3/c1-4-5-6-7-8-9-10-11-12-13-14-21-35-28-23-32(3)27(17-18-29(32)34)26-16-15-24-22-25(33)19-20-31(24,2)30(26)28/h24,26-30,34H,4-23H2,1-3H3/t24?,26-,27-,28?,29?,30-,31-,32-/m0/s1. The Morgan fingerprint density at radius 2 is 1.51 bits per heavy atom. The first-order valence-corrected chi connectivity index (χ1v) is 15.7.